The molecule has 1 aliphatic rings. The highest BCUT2D eigenvalue weighted by atomic mass is 32.2. The summed E-state index contributed by atoms with van der Waals surface area (Å²) in [7, 11) is -2.18. The van der Waals surface area contributed by atoms with Crippen molar-refractivity contribution in [1.29, 1.82) is 0 Å². The Bertz CT molecular complexity index is 622. The van der Waals surface area contributed by atoms with Crippen molar-refractivity contribution in [2.75, 3.05) is 12.8 Å². The third-order valence-corrected chi connectivity index (χ3v) is 5.79. The van der Waals surface area contributed by atoms with E-state index in [1.165, 1.54) is 14.0 Å². The summed E-state index contributed by atoms with van der Waals surface area (Å²) >= 11 is 0. The van der Waals surface area contributed by atoms with Crippen LogP contribution in [0, 0.1) is 5.92 Å². The van der Waals surface area contributed by atoms with Crippen LogP contribution in [0.5, 0.6) is 0 Å². The molecule has 0 aromatic carbocycles. The van der Waals surface area contributed by atoms with Crippen LogP contribution in [-0.4, -0.2) is 36.6 Å². The predicted octanol–water partition coefficient (Wildman–Crippen LogP) is 2.57. The van der Waals surface area contributed by atoms with Crippen molar-refractivity contribution in [3.8, 4) is 0 Å². The first-order valence-corrected chi connectivity index (χ1v) is 9.94. The summed E-state index contributed by atoms with van der Waals surface area (Å²) in [6.07, 6.45) is 4.45. The highest BCUT2D eigenvalue weighted by Crippen LogP contribution is 2.26. The Kier molecular flexibility index (Phi) is 7.25. The van der Waals surface area contributed by atoms with E-state index in [0.29, 0.717) is 6.42 Å². The van der Waals surface area contributed by atoms with Crippen LogP contribution in [0.25, 0.3) is 0 Å². The number of aryl methyl sites for hydroxylation is 1. The molecule has 1 aromatic rings. The van der Waals surface area contributed by atoms with Gasteiger partial charge in [0.2, 0.25) is 15.9 Å². The Morgan fingerprint density at radius 3 is 2.52 bits per heavy atom. The summed E-state index contributed by atoms with van der Waals surface area (Å²) in [5.74, 6) is 0.00343. The van der Waals surface area contributed by atoms with E-state index >= 15 is 0 Å². The van der Waals surface area contributed by atoms with Crippen LogP contribution in [0.4, 0.5) is 0 Å². The highest BCUT2D eigenvalue weighted by molar-refractivity contribution is 7.89. The average molecular weight is 344 g/mol. The van der Waals surface area contributed by atoms with Crippen LogP contribution >= 0.6 is 0 Å². The minimum Gasteiger partial charge on any atom is -0.361 e. The molecule has 1 heterocycles. The van der Waals surface area contributed by atoms with Gasteiger partial charge in [-0.25, -0.2) is 12.7 Å². The molecule has 0 fully saturated rings. The number of amides is 1. The Hall–Kier alpha value is -1.37. The first-order chi connectivity index (χ1) is 10.9. The maximum atomic E-state index is 12.2. The fraction of sp³-hybridized carbons (Fsp3) is 0.750. The molecule has 0 radical (unpaired) electrons. The molecule has 1 unspecified atom stereocenters. The highest BCUT2D eigenvalue weighted by Gasteiger charge is 2.28. The van der Waals surface area contributed by atoms with E-state index in [1.54, 1.807) is 6.92 Å². The van der Waals surface area contributed by atoms with E-state index in [0.717, 1.165) is 47.0 Å². The Morgan fingerprint density at radius 1 is 1.30 bits per heavy atom. The molecule has 7 heteroatoms. The largest absolute Gasteiger partial charge is 0.361 e. The number of aromatic nitrogens is 1. The van der Waals surface area contributed by atoms with Gasteiger partial charge in [-0.2, -0.15) is 0 Å². The van der Waals surface area contributed by atoms with E-state index < -0.39 is 21.8 Å². The maximum absolute atomic E-state index is 12.2. The number of nitrogens with zero attached hydrogens (tertiary/aromatic N) is 2. The average Bonchev–Trinajstić information content (AvgIpc) is 2.98. The number of sulfonamides is 1. The molecule has 0 saturated heterocycles. The lowest BCUT2D eigenvalue weighted by molar-refractivity contribution is -0.129. The van der Waals surface area contributed by atoms with Crippen molar-refractivity contribution >= 4 is 15.9 Å². The SMILES string of the molecule is CC.CCS(=O)(=O)N(C)C(=O)C(C)Cc1noc2c1CCCC2. The van der Waals surface area contributed by atoms with Gasteiger partial charge in [0.25, 0.3) is 0 Å². The Labute approximate surface area is 139 Å². The third kappa shape index (κ3) is 4.56. The molecule has 0 spiro atoms. The zero-order valence-electron chi connectivity index (χ0n) is 14.8. The van der Waals surface area contributed by atoms with Crippen LogP contribution in [0.1, 0.15) is 57.6 Å². The first kappa shape index (κ1) is 19.7. The summed E-state index contributed by atoms with van der Waals surface area (Å²) < 4.78 is 29.7. The number of rotatable bonds is 5. The summed E-state index contributed by atoms with van der Waals surface area (Å²) in [6, 6.07) is 0. The molecule has 0 aliphatic heterocycles. The summed E-state index contributed by atoms with van der Waals surface area (Å²) in [5.41, 5.74) is 1.91. The zero-order chi connectivity index (χ0) is 17.6. The molecule has 132 valence electrons. The third-order valence-electron chi connectivity index (χ3n) is 4.05. The van der Waals surface area contributed by atoms with Gasteiger partial charge in [-0.05, 0) is 26.2 Å². The van der Waals surface area contributed by atoms with E-state index in [1.807, 2.05) is 13.8 Å². The van der Waals surface area contributed by atoms with Crippen LogP contribution in [0.3, 0.4) is 0 Å². The van der Waals surface area contributed by atoms with Gasteiger partial charge in [0.15, 0.2) is 0 Å². The first-order valence-electron chi connectivity index (χ1n) is 8.33. The van der Waals surface area contributed by atoms with Crippen LogP contribution in [-0.2, 0) is 34.1 Å². The molecule has 1 aromatic heterocycles. The van der Waals surface area contributed by atoms with Gasteiger partial charge in [0, 0.05) is 31.4 Å². The lowest BCUT2D eigenvalue weighted by Crippen LogP contribution is -2.38. The number of carbonyl (C=O) groups is 1. The predicted molar refractivity (Wildman–Crippen MR) is 89.6 cm³/mol. The number of hydrogen-bond donors (Lipinski definition) is 0. The molecule has 1 atom stereocenters. The van der Waals surface area contributed by atoms with E-state index in [-0.39, 0.29) is 5.75 Å². The molecular formula is C16H28N2O4S. The van der Waals surface area contributed by atoms with Gasteiger partial charge < -0.3 is 4.52 Å². The fourth-order valence-corrected chi connectivity index (χ4v) is 3.47. The zero-order valence-corrected chi connectivity index (χ0v) is 15.6. The second kappa shape index (κ2) is 8.47. The molecule has 0 saturated carbocycles. The van der Waals surface area contributed by atoms with E-state index in [9.17, 15) is 13.2 Å². The lowest BCUT2D eigenvalue weighted by Gasteiger charge is -2.20. The Balaban J connectivity index is 0.00000127. The molecule has 6 nitrogen and oxygen atoms in total. The smallest absolute Gasteiger partial charge is 0.238 e. The summed E-state index contributed by atoms with van der Waals surface area (Å²) in [6.45, 7) is 7.26. The fourth-order valence-electron chi connectivity index (χ4n) is 2.63. The molecule has 2 rings (SSSR count). The second-order valence-corrected chi connectivity index (χ2v) is 7.84. The van der Waals surface area contributed by atoms with E-state index in [2.05, 4.69) is 5.16 Å². The molecule has 0 N–H and O–H groups in total. The van der Waals surface area contributed by atoms with Gasteiger partial charge in [-0.3, -0.25) is 4.79 Å². The molecule has 1 aliphatic carbocycles. The normalized spacial score (nSPS) is 15.2. The van der Waals surface area contributed by atoms with Crippen molar-refractivity contribution in [1.82, 2.24) is 9.46 Å². The van der Waals surface area contributed by atoms with Crippen LogP contribution < -0.4 is 0 Å². The molecule has 0 bridgehead atoms. The van der Waals surface area contributed by atoms with Gasteiger partial charge in [-0.1, -0.05) is 25.9 Å². The van der Waals surface area contributed by atoms with Crippen LogP contribution in [0.2, 0.25) is 0 Å². The minimum absolute atomic E-state index is 0.0820. The van der Waals surface area contributed by atoms with Crippen molar-refractivity contribution in [2.45, 2.75) is 59.8 Å². The van der Waals surface area contributed by atoms with Crippen molar-refractivity contribution in [3.05, 3.63) is 17.0 Å². The van der Waals surface area contributed by atoms with Crippen molar-refractivity contribution in [3.63, 3.8) is 0 Å². The summed E-state index contributed by atoms with van der Waals surface area (Å²) in [4.78, 5) is 12.2. The Morgan fingerprint density at radius 2 is 1.91 bits per heavy atom. The summed E-state index contributed by atoms with van der Waals surface area (Å²) in [5, 5.41) is 4.07. The standard InChI is InChI=1S/C14H22N2O4S.C2H6/c1-4-21(18,19)16(3)14(17)10(2)9-12-11-7-5-6-8-13(11)20-15-12;1-2/h10H,4-9H2,1-3H3;1-2H3. The maximum Gasteiger partial charge on any atom is 0.238 e. The quantitative estimate of drug-likeness (QED) is 0.820. The minimum atomic E-state index is -3.50. The van der Waals surface area contributed by atoms with Crippen molar-refractivity contribution in [2.24, 2.45) is 5.92 Å². The van der Waals surface area contributed by atoms with E-state index in [4.69, 9.17) is 4.52 Å². The topological polar surface area (TPSA) is 80.5 Å². The van der Waals surface area contributed by atoms with Gasteiger partial charge in [0.1, 0.15) is 5.76 Å². The number of fused-ring (bicyclic) bond motifs is 1. The van der Waals surface area contributed by atoms with Crippen molar-refractivity contribution < 1.29 is 17.7 Å². The molecule has 1 amide bonds. The van der Waals surface area contributed by atoms with Gasteiger partial charge in [0.05, 0.1) is 11.4 Å². The monoisotopic (exact) mass is 344 g/mol. The van der Waals surface area contributed by atoms with Crippen LogP contribution in [0.15, 0.2) is 4.52 Å². The molecule has 23 heavy (non-hydrogen) atoms. The molecular weight excluding hydrogens is 316 g/mol. The lowest BCUT2D eigenvalue weighted by atomic mass is 9.93. The number of carbonyl (C=O) groups excluding carboxylic acids is 1. The number of hydrogen-bond acceptors (Lipinski definition) is 5. The van der Waals surface area contributed by atoms with Gasteiger partial charge in [-0.15, -0.1) is 0 Å². The van der Waals surface area contributed by atoms with Gasteiger partial charge >= 0.3 is 0 Å². The second-order valence-electron chi connectivity index (χ2n) is 5.55.